The maximum Gasteiger partial charge on any atom is 0.132 e. The van der Waals surface area contributed by atoms with Crippen molar-refractivity contribution in [1.82, 2.24) is 5.32 Å². The first-order chi connectivity index (χ1) is 10.1. The lowest BCUT2D eigenvalue weighted by Gasteiger charge is -2.15. The zero-order chi connectivity index (χ0) is 14.8. The summed E-state index contributed by atoms with van der Waals surface area (Å²) in [5, 5.41) is 4.26. The van der Waals surface area contributed by atoms with E-state index in [1.165, 1.54) is 24.0 Å². The van der Waals surface area contributed by atoms with Crippen molar-refractivity contribution in [2.45, 2.75) is 39.3 Å². The van der Waals surface area contributed by atoms with E-state index in [0.29, 0.717) is 6.04 Å². The predicted molar refractivity (Wildman–Crippen MR) is 87.3 cm³/mol. The fourth-order valence-corrected chi connectivity index (χ4v) is 2.48. The Hall–Kier alpha value is -1.51. The second-order valence-corrected chi connectivity index (χ2v) is 6.14. The zero-order valence-electron chi connectivity index (χ0n) is 12.4. The molecule has 1 fully saturated rings. The molecule has 2 aromatic carbocycles. The van der Waals surface area contributed by atoms with Crippen molar-refractivity contribution in [3.05, 3.63) is 58.1 Å². The highest BCUT2D eigenvalue weighted by molar-refractivity contribution is 6.30. The Morgan fingerprint density at radius 3 is 2.71 bits per heavy atom. The van der Waals surface area contributed by atoms with Gasteiger partial charge in [0.1, 0.15) is 11.5 Å². The minimum absolute atomic E-state index is 0.664. The van der Waals surface area contributed by atoms with Crippen LogP contribution in [0.5, 0.6) is 11.5 Å². The van der Waals surface area contributed by atoms with E-state index >= 15 is 0 Å². The van der Waals surface area contributed by atoms with Crippen LogP contribution in [0.1, 0.15) is 29.5 Å². The molecule has 2 nitrogen and oxygen atoms in total. The second-order valence-electron chi connectivity index (χ2n) is 5.71. The molecule has 0 heterocycles. The largest absolute Gasteiger partial charge is 0.457 e. The van der Waals surface area contributed by atoms with Gasteiger partial charge in [-0.2, -0.15) is 0 Å². The monoisotopic (exact) mass is 301 g/mol. The molecule has 0 amide bonds. The van der Waals surface area contributed by atoms with Gasteiger partial charge in [-0.1, -0.05) is 23.7 Å². The summed E-state index contributed by atoms with van der Waals surface area (Å²) in [4.78, 5) is 0. The molecule has 1 aliphatic carbocycles. The van der Waals surface area contributed by atoms with Gasteiger partial charge in [0, 0.05) is 23.2 Å². The van der Waals surface area contributed by atoms with Crippen LogP contribution in [0.3, 0.4) is 0 Å². The molecule has 1 saturated carbocycles. The molecule has 0 spiro atoms. The molecule has 0 saturated heterocycles. The molecule has 1 aliphatic rings. The third-order valence-corrected chi connectivity index (χ3v) is 4.19. The normalized spacial score (nSPS) is 14.2. The van der Waals surface area contributed by atoms with Crippen LogP contribution >= 0.6 is 11.6 Å². The standard InChI is InChI=1S/C18H20ClNO/c1-12-4-3-5-17(13(12)2)21-18-9-6-15(19)10-14(18)11-20-16-7-8-16/h3-6,9-10,16,20H,7-8,11H2,1-2H3. The third-order valence-electron chi connectivity index (χ3n) is 3.96. The molecule has 0 aromatic heterocycles. The summed E-state index contributed by atoms with van der Waals surface area (Å²) in [7, 11) is 0. The quantitative estimate of drug-likeness (QED) is 0.839. The molecule has 0 atom stereocenters. The number of aryl methyl sites for hydroxylation is 1. The van der Waals surface area contributed by atoms with Crippen LogP contribution in [0.4, 0.5) is 0 Å². The lowest BCUT2D eigenvalue weighted by atomic mass is 10.1. The first-order valence-electron chi connectivity index (χ1n) is 7.39. The molecule has 0 aliphatic heterocycles. The topological polar surface area (TPSA) is 21.3 Å². The van der Waals surface area contributed by atoms with Crippen LogP contribution in [-0.4, -0.2) is 6.04 Å². The highest BCUT2D eigenvalue weighted by Crippen LogP contribution is 2.31. The Morgan fingerprint density at radius 1 is 1.14 bits per heavy atom. The predicted octanol–water partition coefficient (Wildman–Crippen LogP) is 5.00. The molecule has 1 N–H and O–H groups in total. The summed E-state index contributed by atoms with van der Waals surface area (Å²) in [6, 6.07) is 12.6. The Labute approximate surface area is 131 Å². The number of benzene rings is 2. The Bertz CT molecular complexity index is 650. The summed E-state index contributed by atoms with van der Waals surface area (Å²) < 4.78 is 6.13. The summed E-state index contributed by atoms with van der Waals surface area (Å²) in [6.07, 6.45) is 2.54. The van der Waals surface area contributed by atoms with Gasteiger partial charge >= 0.3 is 0 Å². The third kappa shape index (κ3) is 3.58. The first-order valence-corrected chi connectivity index (χ1v) is 7.77. The summed E-state index contributed by atoms with van der Waals surface area (Å²) in [5.74, 6) is 1.78. The van der Waals surface area contributed by atoms with Crippen LogP contribution in [0, 0.1) is 13.8 Å². The fourth-order valence-electron chi connectivity index (χ4n) is 2.28. The molecular formula is C18H20ClNO. The number of hydrogen-bond donors (Lipinski definition) is 1. The molecule has 3 rings (SSSR count). The van der Waals surface area contributed by atoms with E-state index in [0.717, 1.165) is 28.6 Å². The SMILES string of the molecule is Cc1cccc(Oc2ccc(Cl)cc2CNC2CC2)c1C. The van der Waals surface area contributed by atoms with Crippen LogP contribution in [0.15, 0.2) is 36.4 Å². The Balaban J connectivity index is 1.84. The smallest absolute Gasteiger partial charge is 0.132 e. The maximum absolute atomic E-state index is 6.13. The van der Waals surface area contributed by atoms with Crippen molar-refractivity contribution in [3.8, 4) is 11.5 Å². The minimum Gasteiger partial charge on any atom is -0.457 e. The molecule has 21 heavy (non-hydrogen) atoms. The lowest BCUT2D eigenvalue weighted by Crippen LogP contribution is -2.15. The van der Waals surface area contributed by atoms with E-state index in [2.05, 4.69) is 25.2 Å². The van der Waals surface area contributed by atoms with Crippen molar-refractivity contribution >= 4 is 11.6 Å². The van der Waals surface area contributed by atoms with Gasteiger partial charge < -0.3 is 10.1 Å². The van der Waals surface area contributed by atoms with Crippen LogP contribution in [0.2, 0.25) is 5.02 Å². The van der Waals surface area contributed by atoms with E-state index in [1.807, 2.05) is 30.3 Å². The van der Waals surface area contributed by atoms with Crippen molar-refractivity contribution in [2.75, 3.05) is 0 Å². The van der Waals surface area contributed by atoms with Gasteiger partial charge in [-0.25, -0.2) is 0 Å². The molecule has 0 bridgehead atoms. The van der Waals surface area contributed by atoms with Gasteiger partial charge in [0.05, 0.1) is 0 Å². The number of halogens is 1. The second kappa shape index (κ2) is 6.08. The summed E-state index contributed by atoms with van der Waals surface area (Å²) in [6.45, 7) is 4.98. The van der Waals surface area contributed by atoms with E-state index < -0.39 is 0 Å². The zero-order valence-corrected chi connectivity index (χ0v) is 13.2. The van der Waals surface area contributed by atoms with E-state index in [-0.39, 0.29) is 0 Å². The van der Waals surface area contributed by atoms with Crippen molar-refractivity contribution in [3.63, 3.8) is 0 Å². The molecule has 3 heteroatoms. The Kier molecular flexibility index (Phi) is 4.18. The molecule has 110 valence electrons. The van der Waals surface area contributed by atoms with Gasteiger partial charge in [0.2, 0.25) is 0 Å². The molecule has 2 aromatic rings. The fraction of sp³-hybridized carbons (Fsp3) is 0.333. The highest BCUT2D eigenvalue weighted by atomic mass is 35.5. The van der Waals surface area contributed by atoms with Gasteiger partial charge in [-0.15, -0.1) is 0 Å². The number of ether oxygens (including phenoxy) is 1. The minimum atomic E-state index is 0.664. The summed E-state index contributed by atoms with van der Waals surface area (Å²) in [5.41, 5.74) is 3.52. The van der Waals surface area contributed by atoms with Gasteiger partial charge in [-0.3, -0.25) is 0 Å². The highest BCUT2D eigenvalue weighted by Gasteiger charge is 2.20. The van der Waals surface area contributed by atoms with Crippen molar-refractivity contribution < 1.29 is 4.74 Å². The lowest BCUT2D eigenvalue weighted by molar-refractivity contribution is 0.468. The van der Waals surface area contributed by atoms with Crippen LogP contribution in [0.25, 0.3) is 0 Å². The van der Waals surface area contributed by atoms with Crippen molar-refractivity contribution in [1.29, 1.82) is 0 Å². The number of hydrogen-bond acceptors (Lipinski definition) is 2. The molecular weight excluding hydrogens is 282 g/mol. The van der Waals surface area contributed by atoms with Crippen LogP contribution in [-0.2, 0) is 6.54 Å². The van der Waals surface area contributed by atoms with Gasteiger partial charge in [-0.05, 0) is 62.1 Å². The average molecular weight is 302 g/mol. The van der Waals surface area contributed by atoms with E-state index in [9.17, 15) is 0 Å². The molecule has 0 unspecified atom stereocenters. The first kappa shape index (κ1) is 14.4. The van der Waals surface area contributed by atoms with Gasteiger partial charge in [0.15, 0.2) is 0 Å². The van der Waals surface area contributed by atoms with Crippen LogP contribution < -0.4 is 10.1 Å². The van der Waals surface area contributed by atoms with Crippen molar-refractivity contribution in [2.24, 2.45) is 0 Å². The summed E-state index contributed by atoms with van der Waals surface area (Å²) >= 11 is 6.12. The van der Waals surface area contributed by atoms with Gasteiger partial charge in [0.25, 0.3) is 0 Å². The number of rotatable bonds is 5. The van der Waals surface area contributed by atoms with E-state index in [1.54, 1.807) is 0 Å². The van der Waals surface area contributed by atoms with E-state index in [4.69, 9.17) is 16.3 Å². The average Bonchev–Trinajstić information content (AvgIpc) is 3.28. The maximum atomic E-state index is 6.13. The molecule has 0 radical (unpaired) electrons. The number of nitrogens with one attached hydrogen (secondary N) is 1. The Morgan fingerprint density at radius 2 is 1.95 bits per heavy atom.